The molecule has 1 heterocycles. The van der Waals surface area contributed by atoms with Crippen molar-refractivity contribution in [2.75, 3.05) is 12.4 Å². The van der Waals surface area contributed by atoms with Gasteiger partial charge in [0.2, 0.25) is 0 Å². The molecule has 3 aromatic rings. The lowest BCUT2D eigenvalue weighted by Gasteiger charge is -2.12. The molecule has 0 saturated heterocycles. The minimum absolute atomic E-state index is 0.0549. The zero-order valence-electron chi connectivity index (χ0n) is 27.8. The zero-order chi connectivity index (χ0) is 33.0. The van der Waals surface area contributed by atoms with Crippen molar-refractivity contribution in [2.45, 2.75) is 121 Å². The van der Waals surface area contributed by atoms with E-state index in [9.17, 15) is 18.9 Å². The van der Waals surface area contributed by atoms with Gasteiger partial charge >= 0.3 is 0 Å². The third-order valence-corrected chi connectivity index (χ3v) is 10.1. The van der Waals surface area contributed by atoms with Crippen molar-refractivity contribution in [3.05, 3.63) is 59.9 Å². The number of sulfone groups is 1. The number of ether oxygens (including phenoxy) is 1. The number of hydrogen-bond donors (Lipinski definition) is 0. The Hall–Kier alpha value is -3.75. The predicted octanol–water partition coefficient (Wildman–Crippen LogP) is 9.99. The molecule has 0 fully saturated rings. The minimum atomic E-state index is -3.41. The van der Waals surface area contributed by atoms with Crippen molar-refractivity contribution in [3.8, 4) is 40.4 Å². The number of nitrogens with zero attached hydrogens (tertiary/aromatic N) is 4. The molecule has 0 unspecified atom stereocenters. The van der Waals surface area contributed by atoms with E-state index in [1.165, 1.54) is 57.8 Å². The molecular weight excluding hydrogens is 593 g/mol. The number of benzene rings is 2. The molecule has 0 aliphatic rings. The van der Waals surface area contributed by atoms with Crippen molar-refractivity contribution >= 4 is 9.84 Å². The van der Waals surface area contributed by atoms with E-state index in [0.29, 0.717) is 30.0 Å². The van der Waals surface area contributed by atoms with Crippen LogP contribution in [0.2, 0.25) is 0 Å². The lowest BCUT2D eigenvalue weighted by Crippen LogP contribution is -2.07. The monoisotopic (exact) mass is 642 g/mol. The van der Waals surface area contributed by atoms with E-state index in [-0.39, 0.29) is 22.0 Å². The SMILES string of the molecule is CCCCCCCCCCCCOc1ccc(-c2nc(C#N)c(C#N)nc2-c2ccc(S(=O)(=O)CCCCCCCC)cc2)cc1. The van der Waals surface area contributed by atoms with Crippen molar-refractivity contribution in [3.63, 3.8) is 0 Å². The maximum Gasteiger partial charge on any atom is 0.178 e. The van der Waals surface area contributed by atoms with Crippen LogP contribution in [-0.2, 0) is 9.84 Å². The number of nitriles is 2. The second-order valence-electron chi connectivity index (χ2n) is 12.0. The third kappa shape index (κ3) is 11.9. The molecule has 0 saturated carbocycles. The summed E-state index contributed by atoms with van der Waals surface area (Å²) >= 11 is 0. The fourth-order valence-electron chi connectivity index (χ4n) is 5.49. The topological polar surface area (TPSA) is 117 Å². The second-order valence-corrected chi connectivity index (χ2v) is 14.1. The highest BCUT2D eigenvalue weighted by Gasteiger charge is 2.19. The fourth-order valence-corrected chi connectivity index (χ4v) is 6.86. The summed E-state index contributed by atoms with van der Waals surface area (Å²) < 4.78 is 31.9. The van der Waals surface area contributed by atoms with E-state index >= 15 is 0 Å². The summed E-state index contributed by atoms with van der Waals surface area (Å²) in [7, 11) is -3.41. The average Bonchev–Trinajstić information content (AvgIpc) is 3.08. The summed E-state index contributed by atoms with van der Waals surface area (Å²) in [5, 5.41) is 19.2. The van der Waals surface area contributed by atoms with Gasteiger partial charge in [-0.2, -0.15) is 10.5 Å². The van der Waals surface area contributed by atoms with E-state index in [0.717, 1.165) is 49.8 Å². The molecule has 8 heteroatoms. The molecule has 0 radical (unpaired) electrons. The van der Waals surface area contributed by atoms with E-state index in [2.05, 4.69) is 23.8 Å². The normalized spacial score (nSPS) is 11.2. The first-order chi connectivity index (χ1) is 22.4. The van der Waals surface area contributed by atoms with Crippen LogP contribution in [0.4, 0.5) is 0 Å². The van der Waals surface area contributed by atoms with Crippen molar-refractivity contribution in [2.24, 2.45) is 0 Å². The van der Waals surface area contributed by atoms with E-state index in [1.807, 2.05) is 36.4 Å². The Morgan fingerprint density at radius 2 is 1.00 bits per heavy atom. The first kappa shape index (κ1) is 36.7. The van der Waals surface area contributed by atoms with Gasteiger partial charge in [-0.15, -0.1) is 0 Å². The highest BCUT2D eigenvalue weighted by Crippen LogP contribution is 2.32. The molecule has 0 spiro atoms. The quantitative estimate of drug-likeness (QED) is 0.100. The maximum atomic E-state index is 12.9. The Morgan fingerprint density at radius 1 is 0.587 bits per heavy atom. The Balaban J connectivity index is 1.64. The van der Waals surface area contributed by atoms with Gasteiger partial charge in [0.05, 0.1) is 28.6 Å². The largest absolute Gasteiger partial charge is 0.494 e. The summed E-state index contributed by atoms with van der Waals surface area (Å²) in [6.07, 6.45) is 18.8. The number of rotatable bonds is 22. The predicted molar refractivity (Wildman–Crippen MR) is 185 cm³/mol. The van der Waals surface area contributed by atoms with E-state index in [1.54, 1.807) is 24.3 Å². The molecule has 1 aromatic heterocycles. The smallest absolute Gasteiger partial charge is 0.178 e. The lowest BCUT2D eigenvalue weighted by atomic mass is 10.0. The summed E-state index contributed by atoms with van der Waals surface area (Å²) in [6.45, 7) is 5.07. The molecule has 0 bridgehead atoms. The molecule has 7 nitrogen and oxygen atoms in total. The first-order valence-electron chi connectivity index (χ1n) is 17.2. The average molecular weight is 643 g/mol. The van der Waals surface area contributed by atoms with Gasteiger partial charge in [0, 0.05) is 11.1 Å². The zero-order valence-corrected chi connectivity index (χ0v) is 28.6. The summed E-state index contributed by atoms with van der Waals surface area (Å²) in [5.74, 6) is 0.871. The van der Waals surface area contributed by atoms with Crippen LogP contribution in [0.5, 0.6) is 5.75 Å². The maximum absolute atomic E-state index is 12.9. The Morgan fingerprint density at radius 3 is 1.46 bits per heavy atom. The van der Waals surface area contributed by atoms with Gasteiger partial charge in [0.15, 0.2) is 21.2 Å². The lowest BCUT2D eigenvalue weighted by molar-refractivity contribution is 0.304. The third-order valence-electron chi connectivity index (χ3n) is 8.26. The number of aromatic nitrogens is 2. The van der Waals surface area contributed by atoms with Gasteiger partial charge in [-0.25, -0.2) is 18.4 Å². The Kier molecular flexibility index (Phi) is 16.3. The van der Waals surface area contributed by atoms with Crippen LogP contribution in [0.3, 0.4) is 0 Å². The molecule has 0 aliphatic heterocycles. The van der Waals surface area contributed by atoms with Gasteiger partial charge in [0.25, 0.3) is 0 Å². The van der Waals surface area contributed by atoms with Gasteiger partial charge in [-0.05, 0) is 49.2 Å². The minimum Gasteiger partial charge on any atom is -0.494 e. The van der Waals surface area contributed by atoms with E-state index < -0.39 is 9.84 Å². The fraction of sp³-hybridized carbons (Fsp3) is 0.526. The molecule has 46 heavy (non-hydrogen) atoms. The van der Waals surface area contributed by atoms with Crippen LogP contribution < -0.4 is 4.74 Å². The van der Waals surface area contributed by atoms with E-state index in [4.69, 9.17) is 4.74 Å². The molecule has 2 aromatic carbocycles. The van der Waals surface area contributed by atoms with Crippen molar-refractivity contribution in [1.82, 2.24) is 9.97 Å². The van der Waals surface area contributed by atoms with Gasteiger partial charge < -0.3 is 4.74 Å². The van der Waals surface area contributed by atoms with Crippen molar-refractivity contribution in [1.29, 1.82) is 10.5 Å². The molecule has 0 amide bonds. The molecule has 0 atom stereocenters. The van der Waals surface area contributed by atoms with Crippen LogP contribution in [0.15, 0.2) is 53.4 Å². The van der Waals surface area contributed by atoms with Crippen LogP contribution in [0, 0.1) is 22.7 Å². The molecule has 246 valence electrons. The van der Waals surface area contributed by atoms with Gasteiger partial charge in [-0.1, -0.05) is 116 Å². The summed E-state index contributed by atoms with van der Waals surface area (Å²) in [4.78, 5) is 9.26. The van der Waals surface area contributed by atoms with Gasteiger partial charge in [0.1, 0.15) is 17.9 Å². The highest BCUT2D eigenvalue weighted by atomic mass is 32.2. The molecular formula is C38H50N4O3S. The van der Waals surface area contributed by atoms with Crippen LogP contribution in [0.1, 0.15) is 128 Å². The molecule has 0 N–H and O–H groups in total. The van der Waals surface area contributed by atoms with Crippen LogP contribution >= 0.6 is 0 Å². The molecule has 0 aliphatic carbocycles. The highest BCUT2D eigenvalue weighted by molar-refractivity contribution is 7.91. The summed E-state index contributed by atoms with van der Waals surface area (Å²) in [5.41, 5.74) is 2.06. The summed E-state index contributed by atoms with van der Waals surface area (Å²) in [6, 6.07) is 18.0. The number of hydrogen-bond acceptors (Lipinski definition) is 7. The van der Waals surface area contributed by atoms with Gasteiger partial charge in [-0.3, -0.25) is 0 Å². The first-order valence-corrected chi connectivity index (χ1v) is 18.9. The molecule has 3 rings (SSSR count). The van der Waals surface area contributed by atoms with Crippen LogP contribution in [-0.4, -0.2) is 30.7 Å². The van der Waals surface area contributed by atoms with Crippen molar-refractivity contribution < 1.29 is 13.2 Å². The number of unbranched alkanes of at least 4 members (excludes halogenated alkanes) is 14. The Bertz CT molecular complexity index is 1520. The van der Waals surface area contributed by atoms with Crippen LogP contribution in [0.25, 0.3) is 22.5 Å². The second kappa shape index (κ2) is 20.4. The standard InChI is InChI=1S/C38H50N4O3S/c1-3-5-7-9-11-12-13-14-15-17-27-45-33-23-19-31(20-24-33)37-38(42-36(30-40)35(29-39)41-37)32-21-25-34(26-22-32)46(43,44)28-18-16-10-8-6-4-2/h19-26H,3-18,27-28H2,1-2H3. The Labute approximate surface area is 277 Å².